The maximum atomic E-state index is 10.5. The summed E-state index contributed by atoms with van der Waals surface area (Å²) in [5.41, 5.74) is 1.14. The predicted molar refractivity (Wildman–Crippen MR) is 88.3 cm³/mol. The van der Waals surface area contributed by atoms with Crippen LogP contribution in [0.3, 0.4) is 0 Å². The van der Waals surface area contributed by atoms with Crippen molar-refractivity contribution >= 4 is 7.82 Å². The van der Waals surface area contributed by atoms with Gasteiger partial charge in [-0.1, -0.05) is 57.6 Å². The van der Waals surface area contributed by atoms with Crippen LogP contribution in [0.5, 0.6) is 5.75 Å². The molecule has 0 aromatic heterocycles. The van der Waals surface area contributed by atoms with Crippen LogP contribution >= 0.6 is 7.82 Å². The fraction of sp³-hybridized carbons (Fsp3) is 0.600. The number of aryl methyl sites for hydroxylation is 1. The van der Waals surface area contributed by atoms with Gasteiger partial charge in [0.25, 0.3) is 0 Å². The Bertz CT molecular complexity index is 420. The second kappa shape index (κ2) is 12.6. The standard InChI is InChI=1S/C15H25O4P.2H3N/c1-2-3-4-5-6-7-8-9-14-10-12-15(13-11-14)19-20(16,17)18;;/h10-13H,2-9H2,1H3,(H2,16,17,18);2*1H3. The SMILES string of the molecule is CCCCCCCCCc1ccc(OP(=O)([O-])[O-])cc1.[NH4+].[NH4+]. The van der Waals surface area contributed by atoms with Crippen molar-refractivity contribution in [2.24, 2.45) is 0 Å². The highest BCUT2D eigenvalue weighted by atomic mass is 31.2. The minimum absolute atomic E-state index is 0. The van der Waals surface area contributed by atoms with E-state index in [4.69, 9.17) is 0 Å². The Balaban J connectivity index is 0. The summed E-state index contributed by atoms with van der Waals surface area (Å²) < 4.78 is 14.7. The zero-order valence-electron chi connectivity index (χ0n) is 14.0. The molecule has 0 aliphatic carbocycles. The van der Waals surface area contributed by atoms with Crippen LogP contribution in [0.4, 0.5) is 0 Å². The third kappa shape index (κ3) is 11.7. The third-order valence-electron chi connectivity index (χ3n) is 3.21. The van der Waals surface area contributed by atoms with Gasteiger partial charge in [-0.05, 0) is 30.5 Å². The number of hydrogen-bond donors (Lipinski definition) is 2. The lowest BCUT2D eigenvalue weighted by molar-refractivity contribution is -0.333. The van der Waals surface area contributed by atoms with Crippen LogP contribution in [0, 0.1) is 0 Å². The molecule has 0 radical (unpaired) electrons. The summed E-state index contributed by atoms with van der Waals surface area (Å²) in [6.45, 7) is 2.21. The van der Waals surface area contributed by atoms with E-state index in [0.717, 1.165) is 18.4 Å². The molecule has 0 heterocycles. The van der Waals surface area contributed by atoms with Gasteiger partial charge in [-0.15, -0.1) is 0 Å². The molecule has 0 spiro atoms. The first-order chi connectivity index (χ1) is 9.51. The molecule has 0 saturated carbocycles. The van der Waals surface area contributed by atoms with Crippen molar-refractivity contribution in [3.63, 3.8) is 0 Å². The molecule has 1 aromatic carbocycles. The molecule has 7 heteroatoms. The van der Waals surface area contributed by atoms with E-state index in [-0.39, 0.29) is 18.1 Å². The summed E-state index contributed by atoms with van der Waals surface area (Å²) in [5, 5.41) is 0. The molecule has 0 atom stereocenters. The zero-order valence-corrected chi connectivity index (χ0v) is 14.9. The molecule has 0 bridgehead atoms. The van der Waals surface area contributed by atoms with Gasteiger partial charge in [0.1, 0.15) is 13.6 Å². The third-order valence-corrected chi connectivity index (χ3v) is 3.64. The molecule has 0 amide bonds. The number of hydrogen-bond acceptors (Lipinski definition) is 4. The van der Waals surface area contributed by atoms with Gasteiger partial charge >= 0.3 is 0 Å². The average Bonchev–Trinajstić information content (AvgIpc) is 2.38. The smallest absolute Gasteiger partial charge is 0.124 e. The molecule has 0 aliphatic rings. The molecule has 1 aromatic rings. The molecule has 0 saturated heterocycles. The van der Waals surface area contributed by atoms with Gasteiger partial charge in [0.05, 0.1) is 0 Å². The molecule has 0 unspecified atom stereocenters. The zero-order chi connectivity index (χ0) is 14.8. The summed E-state index contributed by atoms with van der Waals surface area (Å²) in [6.07, 6.45) is 9.83. The van der Waals surface area contributed by atoms with E-state index in [0.29, 0.717) is 0 Å². The van der Waals surface area contributed by atoms with Crippen molar-refractivity contribution < 1.29 is 18.9 Å². The van der Waals surface area contributed by atoms with E-state index in [1.165, 1.54) is 50.7 Å². The summed E-state index contributed by atoms with van der Waals surface area (Å²) >= 11 is 0. The normalized spacial score (nSPS) is 10.5. The first-order valence-corrected chi connectivity index (χ1v) is 8.78. The van der Waals surface area contributed by atoms with Gasteiger partial charge in [-0.3, -0.25) is 0 Å². The second-order valence-corrected chi connectivity index (χ2v) is 6.13. The Morgan fingerprint density at radius 1 is 0.909 bits per heavy atom. The molecular weight excluding hydrogens is 303 g/mol. The Kier molecular flexibility index (Phi) is 13.4. The highest BCUT2D eigenvalue weighted by Gasteiger charge is 1.98. The van der Waals surface area contributed by atoms with Crippen LogP contribution < -0.4 is 26.6 Å². The Morgan fingerprint density at radius 2 is 1.41 bits per heavy atom. The molecule has 0 aliphatic heterocycles. The van der Waals surface area contributed by atoms with Crippen LogP contribution in [0.25, 0.3) is 0 Å². The molecular formula is C15H31N2O4P. The van der Waals surface area contributed by atoms with Gasteiger partial charge in [0.2, 0.25) is 0 Å². The topological polar surface area (TPSA) is 145 Å². The molecule has 0 fully saturated rings. The van der Waals surface area contributed by atoms with Crippen LogP contribution in [-0.4, -0.2) is 0 Å². The van der Waals surface area contributed by atoms with Crippen LogP contribution in [0.1, 0.15) is 57.4 Å². The summed E-state index contributed by atoms with van der Waals surface area (Å²) in [7, 11) is -4.94. The number of phosphoric ester groups is 1. The van der Waals surface area contributed by atoms with E-state index in [1.807, 2.05) is 12.1 Å². The van der Waals surface area contributed by atoms with Gasteiger partial charge in [-0.25, -0.2) is 0 Å². The summed E-state index contributed by atoms with van der Waals surface area (Å²) in [4.78, 5) is 20.9. The Labute approximate surface area is 133 Å². The van der Waals surface area contributed by atoms with Crippen LogP contribution in [0.2, 0.25) is 0 Å². The Hall–Kier alpha value is -0.910. The number of rotatable bonds is 10. The van der Waals surface area contributed by atoms with Crippen molar-refractivity contribution in [1.82, 2.24) is 12.3 Å². The quantitative estimate of drug-likeness (QED) is 0.492. The minimum Gasteiger partial charge on any atom is -0.780 e. The number of benzene rings is 1. The second-order valence-electron chi connectivity index (χ2n) is 5.05. The lowest BCUT2D eigenvalue weighted by atomic mass is 10.0. The van der Waals surface area contributed by atoms with Crippen molar-refractivity contribution in [2.75, 3.05) is 0 Å². The van der Waals surface area contributed by atoms with Crippen LogP contribution in [-0.2, 0) is 11.0 Å². The maximum Gasteiger partial charge on any atom is 0.124 e. The maximum absolute atomic E-state index is 10.5. The first kappa shape index (κ1) is 23.4. The summed E-state index contributed by atoms with van der Waals surface area (Å²) in [6, 6.07) is 6.67. The van der Waals surface area contributed by atoms with E-state index in [9.17, 15) is 14.4 Å². The molecule has 1 rings (SSSR count). The van der Waals surface area contributed by atoms with Crippen molar-refractivity contribution in [3.8, 4) is 5.75 Å². The fourth-order valence-corrected chi connectivity index (χ4v) is 2.51. The van der Waals surface area contributed by atoms with Crippen molar-refractivity contribution in [2.45, 2.75) is 58.3 Å². The van der Waals surface area contributed by atoms with E-state index < -0.39 is 7.82 Å². The summed E-state index contributed by atoms with van der Waals surface area (Å²) in [5.74, 6) is 0.0849. The lowest BCUT2D eigenvalue weighted by Crippen LogP contribution is -2.18. The van der Waals surface area contributed by atoms with E-state index >= 15 is 0 Å². The number of phosphoric acid groups is 1. The first-order valence-electron chi connectivity index (χ1n) is 7.32. The predicted octanol–water partition coefficient (Wildman–Crippen LogP) is 3.94. The van der Waals surface area contributed by atoms with Gasteiger partial charge in [-0.2, -0.15) is 0 Å². The lowest BCUT2D eigenvalue weighted by Gasteiger charge is -2.28. The fourth-order valence-electron chi connectivity index (χ4n) is 2.13. The molecule has 130 valence electrons. The largest absolute Gasteiger partial charge is 0.780 e. The van der Waals surface area contributed by atoms with Crippen molar-refractivity contribution in [3.05, 3.63) is 29.8 Å². The Morgan fingerprint density at radius 3 is 1.91 bits per heavy atom. The van der Waals surface area contributed by atoms with Crippen molar-refractivity contribution in [1.29, 1.82) is 0 Å². The number of unbranched alkanes of at least 4 members (excludes halogenated alkanes) is 6. The highest BCUT2D eigenvalue weighted by molar-refractivity contribution is 7.43. The van der Waals surface area contributed by atoms with Gasteiger partial charge in [0.15, 0.2) is 0 Å². The molecule has 8 N–H and O–H groups in total. The minimum atomic E-state index is -4.94. The van der Waals surface area contributed by atoms with Gasteiger partial charge in [0, 0.05) is 0 Å². The molecule has 22 heavy (non-hydrogen) atoms. The van der Waals surface area contributed by atoms with Crippen LogP contribution in [0.15, 0.2) is 24.3 Å². The average molecular weight is 334 g/mol. The number of quaternary nitrogens is 2. The van der Waals surface area contributed by atoms with E-state index in [1.54, 1.807) is 0 Å². The van der Waals surface area contributed by atoms with Gasteiger partial charge < -0.3 is 31.2 Å². The van der Waals surface area contributed by atoms with E-state index in [2.05, 4.69) is 11.4 Å². The monoisotopic (exact) mass is 334 g/mol. The highest BCUT2D eigenvalue weighted by Crippen LogP contribution is 2.29. The molecule has 6 nitrogen and oxygen atoms in total.